The Hall–Kier alpha value is -2.89. The highest BCUT2D eigenvalue weighted by atomic mass is 35.5. The summed E-state index contributed by atoms with van der Waals surface area (Å²) in [5.74, 6) is -1.07. The van der Waals surface area contributed by atoms with Crippen molar-refractivity contribution < 1.29 is 22.9 Å². The zero-order valence-electron chi connectivity index (χ0n) is 20.1. The molecule has 2 aromatic carbocycles. The van der Waals surface area contributed by atoms with Crippen molar-refractivity contribution in [3.8, 4) is 0 Å². The molecule has 2 aromatic rings. The second kappa shape index (κ2) is 12.9. The first-order chi connectivity index (χ1) is 16.9. The number of amides is 2. The molecule has 0 radical (unpaired) electrons. The van der Waals surface area contributed by atoms with Crippen LogP contribution in [-0.2, 0) is 26.2 Å². The minimum Gasteiger partial charge on any atom is -0.354 e. The third-order valence-corrected chi connectivity index (χ3v) is 7.03. The molecule has 0 fully saturated rings. The number of hydrogen-bond donors (Lipinski definition) is 1. The van der Waals surface area contributed by atoms with Crippen LogP contribution in [0.2, 0.25) is 10.0 Å². The Morgan fingerprint density at radius 3 is 2.39 bits per heavy atom. The Morgan fingerprint density at radius 2 is 1.83 bits per heavy atom. The third-order valence-electron chi connectivity index (χ3n) is 5.30. The fourth-order valence-corrected chi connectivity index (χ4v) is 4.80. The molecule has 0 heterocycles. The zero-order chi connectivity index (χ0) is 27.0. The van der Waals surface area contributed by atoms with Gasteiger partial charge in [0, 0.05) is 35.3 Å². The minimum atomic E-state index is -4.02. The zero-order valence-corrected chi connectivity index (χ0v) is 22.4. The number of nitro groups is 1. The summed E-state index contributed by atoms with van der Waals surface area (Å²) in [6, 6.07) is 8.77. The van der Waals surface area contributed by atoms with E-state index < -0.39 is 33.4 Å². The normalized spacial score (nSPS) is 12.0. The Labute approximate surface area is 220 Å². The highest BCUT2D eigenvalue weighted by molar-refractivity contribution is 7.92. The van der Waals surface area contributed by atoms with E-state index in [0.29, 0.717) is 23.6 Å². The Morgan fingerprint density at radius 1 is 1.14 bits per heavy atom. The van der Waals surface area contributed by atoms with Gasteiger partial charge < -0.3 is 10.2 Å². The van der Waals surface area contributed by atoms with Crippen molar-refractivity contribution in [3.05, 3.63) is 68.2 Å². The van der Waals surface area contributed by atoms with Gasteiger partial charge in [-0.05, 0) is 36.6 Å². The lowest BCUT2D eigenvalue weighted by atomic mass is 10.1. The van der Waals surface area contributed by atoms with Crippen LogP contribution in [0.3, 0.4) is 0 Å². The number of rotatable bonds is 12. The number of carbonyl (C=O) groups is 2. The molecule has 0 aliphatic rings. The topological polar surface area (TPSA) is 130 Å². The van der Waals surface area contributed by atoms with E-state index in [2.05, 4.69) is 5.32 Å². The number of non-ortho nitro benzene ring substituents is 1. The van der Waals surface area contributed by atoms with Crippen LogP contribution in [0.5, 0.6) is 0 Å². The van der Waals surface area contributed by atoms with E-state index in [0.717, 1.165) is 16.6 Å². The highest BCUT2D eigenvalue weighted by Crippen LogP contribution is 2.26. The van der Waals surface area contributed by atoms with Crippen LogP contribution in [0, 0.1) is 10.1 Å². The van der Waals surface area contributed by atoms with Crippen molar-refractivity contribution in [1.82, 2.24) is 10.2 Å². The maximum Gasteiger partial charge on any atom is 0.271 e. The summed E-state index contributed by atoms with van der Waals surface area (Å²) in [6.45, 7) is 3.26. The van der Waals surface area contributed by atoms with Gasteiger partial charge in [-0.2, -0.15) is 0 Å². The number of benzene rings is 2. The predicted molar refractivity (Wildman–Crippen MR) is 140 cm³/mol. The van der Waals surface area contributed by atoms with Crippen molar-refractivity contribution in [2.45, 2.75) is 39.3 Å². The quantitative estimate of drug-likeness (QED) is 0.309. The lowest BCUT2D eigenvalue weighted by molar-refractivity contribution is -0.384. The Kier molecular flexibility index (Phi) is 10.5. The summed E-state index contributed by atoms with van der Waals surface area (Å²) in [6.07, 6.45) is 1.83. The van der Waals surface area contributed by atoms with Gasteiger partial charge in [-0.15, -0.1) is 0 Å². The standard InChI is InChI=1S/C23H28Cl2N4O6S/c1-4-11-26-23(31)21(5-2)27(14-16-9-10-17(24)12-20(16)25)22(30)15-28(36(3,34)35)18-7-6-8-19(13-18)29(32)33/h6-10,12-13,21H,4-5,11,14-15H2,1-3H3,(H,26,31)/t21-/m0/s1. The van der Waals surface area contributed by atoms with Gasteiger partial charge in [0.15, 0.2) is 0 Å². The van der Waals surface area contributed by atoms with Gasteiger partial charge in [-0.1, -0.05) is 49.2 Å². The van der Waals surface area contributed by atoms with Crippen molar-refractivity contribution in [2.24, 2.45) is 0 Å². The molecule has 0 aromatic heterocycles. The molecular formula is C23H28Cl2N4O6S. The number of sulfonamides is 1. The lowest BCUT2D eigenvalue weighted by Crippen LogP contribution is -2.52. The van der Waals surface area contributed by atoms with Crippen LogP contribution in [0.4, 0.5) is 11.4 Å². The molecule has 0 saturated carbocycles. The smallest absolute Gasteiger partial charge is 0.271 e. The van der Waals surface area contributed by atoms with E-state index >= 15 is 0 Å². The summed E-state index contributed by atoms with van der Waals surface area (Å²) in [7, 11) is -4.02. The number of carbonyl (C=O) groups excluding carboxylic acids is 2. The average molecular weight is 559 g/mol. The molecule has 0 unspecified atom stereocenters. The SMILES string of the molecule is CCCNC(=O)[C@H](CC)N(Cc1ccc(Cl)cc1Cl)C(=O)CN(c1cccc([N+](=O)[O-])c1)S(C)(=O)=O. The number of halogens is 2. The van der Waals surface area contributed by atoms with Gasteiger partial charge in [0.05, 0.1) is 16.9 Å². The van der Waals surface area contributed by atoms with Crippen LogP contribution in [-0.4, -0.2) is 55.4 Å². The number of anilines is 1. The molecule has 13 heteroatoms. The third kappa shape index (κ3) is 7.81. The maximum absolute atomic E-state index is 13.6. The molecule has 0 aliphatic heterocycles. The van der Waals surface area contributed by atoms with Crippen LogP contribution < -0.4 is 9.62 Å². The monoisotopic (exact) mass is 558 g/mol. The van der Waals surface area contributed by atoms with E-state index in [1.54, 1.807) is 19.1 Å². The highest BCUT2D eigenvalue weighted by Gasteiger charge is 2.32. The molecule has 0 spiro atoms. The molecule has 196 valence electrons. The summed E-state index contributed by atoms with van der Waals surface area (Å²) >= 11 is 12.3. The molecular weight excluding hydrogens is 531 g/mol. The lowest BCUT2D eigenvalue weighted by Gasteiger charge is -2.33. The first-order valence-electron chi connectivity index (χ1n) is 11.1. The fraction of sp³-hybridized carbons (Fsp3) is 0.391. The number of hydrogen-bond acceptors (Lipinski definition) is 6. The summed E-state index contributed by atoms with van der Waals surface area (Å²) < 4.78 is 26.0. The summed E-state index contributed by atoms with van der Waals surface area (Å²) in [5, 5.41) is 14.6. The van der Waals surface area contributed by atoms with Crippen molar-refractivity contribution in [1.29, 1.82) is 0 Å². The maximum atomic E-state index is 13.6. The number of nitro benzene ring substituents is 1. The van der Waals surface area contributed by atoms with Gasteiger partial charge in [0.25, 0.3) is 5.69 Å². The Balaban J connectivity index is 2.49. The molecule has 2 amide bonds. The van der Waals surface area contributed by atoms with Gasteiger partial charge in [-0.25, -0.2) is 8.42 Å². The van der Waals surface area contributed by atoms with E-state index in [-0.39, 0.29) is 35.3 Å². The molecule has 2 rings (SSSR count). The van der Waals surface area contributed by atoms with Crippen LogP contribution in [0.1, 0.15) is 32.3 Å². The van der Waals surface area contributed by atoms with Crippen molar-refractivity contribution in [3.63, 3.8) is 0 Å². The first kappa shape index (κ1) is 29.3. The number of nitrogens with one attached hydrogen (secondary N) is 1. The largest absolute Gasteiger partial charge is 0.354 e. The van der Waals surface area contributed by atoms with Crippen LogP contribution >= 0.6 is 23.2 Å². The first-order valence-corrected chi connectivity index (χ1v) is 13.7. The van der Waals surface area contributed by atoms with Crippen molar-refractivity contribution >= 4 is 56.4 Å². The molecule has 1 atom stereocenters. The number of nitrogens with zero attached hydrogens (tertiary/aromatic N) is 3. The molecule has 0 bridgehead atoms. The molecule has 10 nitrogen and oxygen atoms in total. The predicted octanol–water partition coefficient (Wildman–Crippen LogP) is 4.00. The molecule has 1 N–H and O–H groups in total. The van der Waals surface area contributed by atoms with E-state index in [1.807, 2.05) is 6.92 Å². The van der Waals surface area contributed by atoms with Crippen LogP contribution in [0.15, 0.2) is 42.5 Å². The fourth-order valence-electron chi connectivity index (χ4n) is 3.49. The summed E-state index contributed by atoms with van der Waals surface area (Å²) in [5.41, 5.74) is 0.134. The molecule has 0 aliphatic carbocycles. The second-order valence-electron chi connectivity index (χ2n) is 8.02. The summed E-state index contributed by atoms with van der Waals surface area (Å²) in [4.78, 5) is 38.3. The van der Waals surface area contributed by atoms with E-state index in [9.17, 15) is 28.1 Å². The van der Waals surface area contributed by atoms with Gasteiger partial charge in [-0.3, -0.25) is 24.0 Å². The molecule has 0 saturated heterocycles. The van der Waals surface area contributed by atoms with E-state index in [4.69, 9.17) is 23.2 Å². The van der Waals surface area contributed by atoms with E-state index in [1.165, 1.54) is 29.2 Å². The average Bonchev–Trinajstić information content (AvgIpc) is 2.81. The van der Waals surface area contributed by atoms with Gasteiger partial charge >= 0.3 is 0 Å². The van der Waals surface area contributed by atoms with Crippen LogP contribution in [0.25, 0.3) is 0 Å². The van der Waals surface area contributed by atoms with Gasteiger partial charge in [0.1, 0.15) is 12.6 Å². The van der Waals surface area contributed by atoms with Gasteiger partial charge in [0.2, 0.25) is 21.8 Å². The molecule has 36 heavy (non-hydrogen) atoms. The minimum absolute atomic E-state index is 0.0481. The Bertz CT molecular complexity index is 1220. The van der Waals surface area contributed by atoms with Crippen molar-refractivity contribution in [2.75, 3.05) is 23.7 Å². The second-order valence-corrected chi connectivity index (χ2v) is 10.8.